The van der Waals surface area contributed by atoms with Crippen molar-refractivity contribution in [2.24, 2.45) is 0 Å². The van der Waals surface area contributed by atoms with E-state index < -0.39 is 0 Å². The minimum Gasteiger partial charge on any atom is -0.546 e. The number of aliphatic hydroxyl groups excluding tert-OH is 1. The summed E-state index contributed by atoms with van der Waals surface area (Å²) in [7, 11) is 0. The van der Waals surface area contributed by atoms with E-state index in [1.165, 1.54) is 16.7 Å². The van der Waals surface area contributed by atoms with Crippen molar-refractivity contribution in [1.29, 1.82) is 0 Å². The summed E-state index contributed by atoms with van der Waals surface area (Å²) in [6, 6.07) is 14.7. The van der Waals surface area contributed by atoms with Crippen LogP contribution in [0.4, 0.5) is 0 Å². The van der Waals surface area contributed by atoms with Gasteiger partial charge in [-0.1, -0.05) is 30.3 Å². The zero-order chi connectivity index (χ0) is 16.9. The Morgan fingerprint density at radius 3 is 2.64 bits per heavy atom. The van der Waals surface area contributed by atoms with Gasteiger partial charge in [0.15, 0.2) is 0 Å². The standard InChI is InChI=1S/C21H25O3.Cs/c1-3-23-20-8-5-16(6-9-20)12-18-13-17(7-4-15(18)2)21-14-19(22)10-11-24-21;/h4-9,11,13,19,21-22H,3,10,12,14H2,1-2H3;/q-1;+1/t19?,21-;/m1./s1. The van der Waals surface area contributed by atoms with Gasteiger partial charge in [0.05, 0.1) is 12.7 Å². The van der Waals surface area contributed by atoms with Crippen molar-refractivity contribution in [3.8, 4) is 5.75 Å². The van der Waals surface area contributed by atoms with E-state index in [2.05, 4.69) is 37.3 Å². The van der Waals surface area contributed by atoms with Gasteiger partial charge in [-0.2, -0.15) is 0 Å². The van der Waals surface area contributed by atoms with E-state index in [0.717, 1.165) is 17.7 Å². The molecule has 4 heteroatoms. The molecule has 2 aromatic rings. The number of ether oxygens (including phenoxy) is 2. The fraction of sp³-hybridized carbons (Fsp3) is 0.381. The van der Waals surface area contributed by atoms with Crippen molar-refractivity contribution in [3.05, 3.63) is 71.3 Å². The Morgan fingerprint density at radius 2 is 1.96 bits per heavy atom. The van der Waals surface area contributed by atoms with Crippen molar-refractivity contribution in [2.45, 2.75) is 45.3 Å². The van der Waals surface area contributed by atoms with Crippen molar-refractivity contribution < 1.29 is 83.5 Å². The van der Waals surface area contributed by atoms with E-state index in [-0.39, 0.29) is 81.1 Å². The van der Waals surface area contributed by atoms with Crippen molar-refractivity contribution >= 4 is 0 Å². The molecular weight excluding hydrogens is 433 g/mol. The minimum atomic E-state index is -0.306. The topological polar surface area (TPSA) is 38.7 Å². The smallest absolute Gasteiger partial charge is 0.546 e. The van der Waals surface area contributed by atoms with Gasteiger partial charge in [0.2, 0.25) is 0 Å². The fourth-order valence-electron chi connectivity index (χ4n) is 3.07. The van der Waals surface area contributed by atoms with Gasteiger partial charge in [0, 0.05) is 6.10 Å². The summed E-state index contributed by atoms with van der Waals surface area (Å²) < 4.78 is 11.2. The average Bonchev–Trinajstić information content (AvgIpc) is 2.59. The molecule has 25 heavy (non-hydrogen) atoms. The van der Waals surface area contributed by atoms with Crippen LogP contribution in [-0.2, 0) is 11.2 Å². The molecule has 0 bridgehead atoms. The molecule has 1 aliphatic rings. The summed E-state index contributed by atoms with van der Waals surface area (Å²) >= 11 is 0. The molecule has 2 aromatic carbocycles. The van der Waals surface area contributed by atoms with E-state index in [9.17, 15) is 5.11 Å². The third kappa shape index (κ3) is 6.11. The summed E-state index contributed by atoms with van der Waals surface area (Å²) in [6.07, 6.45) is 1.79. The maximum absolute atomic E-state index is 9.85. The molecule has 128 valence electrons. The summed E-state index contributed by atoms with van der Waals surface area (Å²) in [4.78, 5) is 0. The minimum absolute atomic E-state index is 0. The number of aliphatic hydroxyl groups is 1. The van der Waals surface area contributed by atoms with Crippen LogP contribution >= 0.6 is 0 Å². The predicted octanol–water partition coefficient (Wildman–Crippen LogP) is 1.36. The van der Waals surface area contributed by atoms with Crippen LogP contribution in [0.25, 0.3) is 0 Å². The molecule has 0 aliphatic carbocycles. The van der Waals surface area contributed by atoms with Crippen LogP contribution in [0.1, 0.15) is 48.1 Å². The Kier molecular flexibility index (Phi) is 9.05. The first-order valence-corrected chi connectivity index (χ1v) is 8.62. The van der Waals surface area contributed by atoms with Crippen molar-refractivity contribution in [2.75, 3.05) is 6.61 Å². The normalized spacial score (nSPS) is 20.0. The second-order valence-electron chi connectivity index (χ2n) is 6.36. The van der Waals surface area contributed by atoms with Crippen LogP contribution < -0.4 is 73.6 Å². The molecule has 1 fully saturated rings. The van der Waals surface area contributed by atoms with Gasteiger partial charge in [-0.15, -0.1) is 6.42 Å². The molecule has 1 unspecified atom stereocenters. The molecule has 0 spiro atoms. The third-order valence-electron chi connectivity index (χ3n) is 4.49. The summed E-state index contributed by atoms with van der Waals surface area (Å²) in [6.45, 7) is 6.54. The largest absolute Gasteiger partial charge is 1.00 e. The maximum Gasteiger partial charge on any atom is 1.00 e. The van der Waals surface area contributed by atoms with Crippen LogP contribution in [0.5, 0.6) is 5.75 Å². The quantitative estimate of drug-likeness (QED) is 0.689. The molecular formula is C21H25CsO3. The Balaban J connectivity index is 0.00000225. The number of hydrogen-bond acceptors (Lipinski definition) is 3. The average molecular weight is 458 g/mol. The SMILES string of the molecule is CCOc1ccc(Cc2cc([C@H]3CC(O)C[CH-]O3)ccc2C)cc1.[Cs+]. The molecule has 0 radical (unpaired) electrons. The summed E-state index contributed by atoms with van der Waals surface area (Å²) in [5.41, 5.74) is 4.96. The monoisotopic (exact) mass is 458 g/mol. The van der Waals surface area contributed by atoms with Crippen LogP contribution in [0.15, 0.2) is 42.5 Å². The molecule has 1 aliphatic heterocycles. The van der Waals surface area contributed by atoms with Gasteiger partial charge < -0.3 is 14.6 Å². The van der Waals surface area contributed by atoms with E-state index in [0.29, 0.717) is 19.4 Å². The molecule has 2 atom stereocenters. The van der Waals surface area contributed by atoms with E-state index in [1.54, 1.807) is 6.61 Å². The number of benzene rings is 2. The first-order chi connectivity index (χ1) is 11.7. The molecule has 1 heterocycles. The zero-order valence-corrected chi connectivity index (χ0v) is 21.6. The molecule has 0 aromatic heterocycles. The Bertz CT molecular complexity index is 669. The first kappa shape index (κ1) is 21.5. The predicted molar refractivity (Wildman–Crippen MR) is 95.0 cm³/mol. The van der Waals surface area contributed by atoms with Crippen LogP contribution in [0, 0.1) is 13.5 Å². The van der Waals surface area contributed by atoms with Crippen LogP contribution in [-0.4, -0.2) is 17.8 Å². The van der Waals surface area contributed by atoms with Crippen LogP contribution in [0.2, 0.25) is 0 Å². The van der Waals surface area contributed by atoms with E-state index >= 15 is 0 Å². The van der Waals surface area contributed by atoms with Gasteiger partial charge in [0.1, 0.15) is 5.75 Å². The summed E-state index contributed by atoms with van der Waals surface area (Å²) in [5, 5.41) is 9.85. The Morgan fingerprint density at radius 1 is 1.20 bits per heavy atom. The Hall–Kier alpha value is 0.212. The Labute approximate surface area is 209 Å². The molecule has 3 nitrogen and oxygen atoms in total. The number of hydrogen-bond donors (Lipinski definition) is 1. The van der Waals surface area contributed by atoms with Gasteiger partial charge in [-0.25, -0.2) is 6.61 Å². The molecule has 0 amide bonds. The summed E-state index contributed by atoms with van der Waals surface area (Å²) in [5.74, 6) is 0.909. The van der Waals surface area contributed by atoms with Gasteiger partial charge in [-0.05, 0) is 61.1 Å². The van der Waals surface area contributed by atoms with Crippen molar-refractivity contribution in [3.63, 3.8) is 0 Å². The molecule has 0 saturated carbocycles. The van der Waals surface area contributed by atoms with Crippen molar-refractivity contribution in [1.82, 2.24) is 0 Å². The number of rotatable bonds is 5. The van der Waals surface area contributed by atoms with Gasteiger partial charge in [0.25, 0.3) is 0 Å². The van der Waals surface area contributed by atoms with Gasteiger partial charge >= 0.3 is 68.9 Å². The number of aryl methyl sites for hydroxylation is 1. The zero-order valence-electron chi connectivity index (χ0n) is 15.4. The second kappa shape index (κ2) is 10.5. The van der Waals surface area contributed by atoms with Gasteiger partial charge in [-0.3, -0.25) is 0 Å². The van der Waals surface area contributed by atoms with Crippen LogP contribution in [0.3, 0.4) is 0 Å². The first-order valence-electron chi connectivity index (χ1n) is 8.62. The molecule has 1 saturated heterocycles. The van der Waals surface area contributed by atoms with E-state index in [1.807, 2.05) is 19.1 Å². The second-order valence-corrected chi connectivity index (χ2v) is 6.36. The third-order valence-corrected chi connectivity index (χ3v) is 4.49. The maximum atomic E-state index is 9.85. The van der Waals surface area contributed by atoms with E-state index in [4.69, 9.17) is 9.47 Å². The molecule has 1 N–H and O–H groups in total. The molecule has 3 rings (SSSR count). The fourth-order valence-corrected chi connectivity index (χ4v) is 3.07.